The van der Waals surface area contributed by atoms with Gasteiger partial charge in [0.15, 0.2) is 13.3 Å². The van der Waals surface area contributed by atoms with E-state index >= 15 is 0 Å². The Hall–Kier alpha value is -0.860. The molecule has 0 heterocycles. The minimum absolute atomic E-state index is 0. The number of nitrogens with zero attached hydrogens (tertiary/aromatic N) is 2. The molecule has 0 amide bonds. The van der Waals surface area contributed by atoms with Gasteiger partial charge in [-0.1, -0.05) is 16.9 Å². The second kappa shape index (κ2) is 12.1. The van der Waals surface area contributed by atoms with E-state index in [-0.39, 0.29) is 29.6 Å². The molecule has 150 valence electrons. The summed E-state index contributed by atoms with van der Waals surface area (Å²) in [4.78, 5) is 20.7. The molecule has 2 aromatic carbocycles. The molecular formula is C17H21N3NaO5P2S+. The second-order valence-corrected chi connectivity index (χ2v) is 9.48. The monoisotopic (exact) mass is 464 g/mol. The van der Waals surface area contributed by atoms with Crippen LogP contribution in [0.3, 0.4) is 0 Å². The van der Waals surface area contributed by atoms with Gasteiger partial charge in [0, 0.05) is 0 Å². The standard InChI is InChI=1S/C17H21N3O5P2S.Na/c1-18-17(27(21,22)23)14-6-10-16(11-7-14)25-26(28)20(2)19-12-13-4-8-15(24-3)9-5-13;/h4-12,17-18H,1-3H3,(H-,21,22,23);/q;+1/b19-12+;. The van der Waals surface area contributed by atoms with Gasteiger partial charge in [-0.3, -0.25) is 4.52 Å². The predicted molar refractivity (Wildman–Crippen MR) is 111 cm³/mol. The quantitative estimate of drug-likeness (QED) is 0.223. The van der Waals surface area contributed by atoms with Crippen LogP contribution in [0.5, 0.6) is 11.5 Å². The van der Waals surface area contributed by atoms with Crippen LogP contribution in [0.25, 0.3) is 0 Å². The number of hydrogen-bond acceptors (Lipinski definition) is 7. The first-order valence-electron chi connectivity index (χ1n) is 8.12. The summed E-state index contributed by atoms with van der Waals surface area (Å²) in [6.07, 6.45) is 1.66. The van der Waals surface area contributed by atoms with Crippen molar-refractivity contribution in [3.8, 4) is 11.5 Å². The van der Waals surface area contributed by atoms with Crippen LogP contribution in [0.15, 0.2) is 53.6 Å². The van der Waals surface area contributed by atoms with Crippen LogP contribution in [-0.2, 0) is 16.4 Å². The van der Waals surface area contributed by atoms with Gasteiger partial charge in [-0.15, -0.1) is 5.10 Å². The Bertz CT molecular complexity index is 878. The Morgan fingerprint density at radius 1 is 1.24 bits per heavy atom. The van der Waals surface area contributed by atoms with E-state index in [9.17, 15) is 14.4 Å². The molecule has 0 aliphatic heterocycles. The van der Waals surface area contributed by atoms with Crippen LogP contribution in [0.1, 0.15) is 16.9 Å². The molecule has 0 saturated heterocycles. The van der Waals surface area contributed by atoms with E-state index in [2.05, 4.69) is 10.4 Å². The molecule has 0 saturated carbocycles. The summed E-state index contributed by atoms with van der Waals surface area (Å²) in [6, 6.07) is 13.7. The normalized spacial score (nSPS) is 14.4. The minimum atomic E-state index is -4.55. The molecule has 0 aliphatic rings. The van der Waals surface area contributed by atoms with E-state index in [1.807, 2.05) is 24.3 Å². The zero-order valence-electron chi connectivity index (χ0n) is 16.6. The van der Waals surface area contributed by atoms with Gasteiger partial charge in [-0.2, -0.15) is 0 Å². The first-order chi connectivity index (χ1) is 13.2. The summed E-state index contributed by atoms with van der Waals surface area (Å²) < 4.78 is 23.7. The van der Waals surface area contributed by atoms with Crippen LogP contribution in [0.2, 0.25) is 0 Å². The zero-order valence-corrected chi connectivity index (χ0v) is 21.2. The second-order valence-electron chi connectivity index (χ2n) is 5.66. The Labute approximate surface area is 198 Å². The molecular weight excluding hydrogens is 443 g/mol. The van der Waals surface area contributed by atoms with E-state index in [4.69, 9.17) is 21.1 Å². The van der Waals surface area contributed by atoms with E-state index < -0.39 is 20.5 Å². The van der Waals surface area contributed by atoms with Crippen LogP contribution >= 0.6 is 14.7 Å². The average molecular weight is 464 g/mol. The molecule has 0 aromatic heterocycles. The third-order valence-electron chi connectivity index (χ3n) is 3.71. The van der Waals surface area contributed by atoms with Crippen LogP contribution in [0.4, 0.5) is 0 Å². The van der Waals surface area contributed by atoms with Gasteiger partial charge in [0.05, 0.1) is 26.2 Å². The number of hydrazone groups is 1. The zero-order chi connectivity index (χ0) is 20.7. The topological polar surface area (TPSA) is 106 Å². The van der Waals surface area contributed by atoms with Gasteiger partial charge in [-0.05, 0) is 54.6 Å². The molecule has 0 spiro atoms. The third-order valence-corrected chi connectivity index (χ3v) is 6.79. The Balaban J connectivity index is 0.00000420. The van der Waals surface area contributed by atoms with E-state index in [0.717, 1.165) is 11.3 Å². The third kappa shape index (κ3) is 8.06. The molecule has 3 atom stereocenters. The van der Waals surface area contributed by atoms with Gasteiger partial charge < -0.3 is 24.4 Å². The molecule has 12 heteroatoms. The summed E-state index contributed by atoms with van der Waals surface area (Å²) in [5.74, 6) is 0.0612. The maximum Gasteiger partial charge on any atom is 1.00 e. The fraction of sp³-hybridized carbons (Fsp3) is 0.235. The van der Waals surface area contributed by atoms with Crippen molar-refractivity contribution >= 4 is 32.7 Å². The van der Waals surface area contributed by atoms with Crippen molar-refractivity contribution in [2.24, 2.45) is 5.10 Å². The molecule has 0 radical (unpaired) electrons. The molecule has 0 aliphatic carbocycles. The molecule has 2 aromatic rings. The molecule has 0 fully saturated rings. The predicted octanol–water partition coefficient (Wildman–Crippen LogP) is -0.419. The van der Waals surface area contributed by atoms with Crippen LogP contribution in [-0.4, -0.2) is 37.1 Å². The fourth-order valence-corrected chi connectivity index (χ4v) is 4.08. The van der Waals surface area contributed by atoms with Crippen molar-refractivity contribution in [2.75, 3.05) is 21.2 Å². The largest absolute Gasteiger partial charge is 1.00 e. The van der Waals surface area contributed by atoms with Gasteiger partial charge in [0.1, 0.15) is 5.75 Å². The average Bonchev–Trinajstić information content (AvgIpc) is 2.67. The number of ether oxygens (including phenoxy) is 1. The van der Waals surface area contributed by atoms with Gasteiger partial charge in [0.25, 0.3) is 0 Å². The van der Waals surface area contributed by atoms with Crippen LogP contribution in [0, 0.1) is 0 Å². The Morgan fingerprint density at radius 3 is 2.28 bits per heavy atom. The number of rotatable bonds is 9. The Kier molecular flexibility index (Phi) is 10.9. The molecule has 29 heavy (non-hydrogen) atoms. The number of benzene rings is 2. The molecule has 0 bridgehead atoms. The Morgan fingerprint density at radius 2 is 1.79 bits per heavy atom. The van der Waals surface area contributed by atoms with Crippen LogP contribution < -0.4 is 49.0 Å². The van der Waals surface area contributed by atoms with Crippen molar-refractivity contribution < 1.29 is 53.2 Å². The summed E-state index contributed by atoms with van der Waals surface area (Å²) in [5, 5.41) is 6.84. The smallest absolute Gasteiger partial charge is 0.777 e. The fourth-order valence-electron chi connectivity index (χ4n) is 2.26. The van der Waals surface area contributed by atoms with Crippen molar-refractivity contribution in [1.82, 2.24) is 10.1 Å². The van der Waals surface area contributed by atoms with Gasteiger partial charge in [-0.25, -0.2) is 0 Å². The van der Waals surface area contributed by atoms with E-state index in [1.165, 1.54) is 7.05 Å². The summed E-state index contributed by atoms with van der Waals surface area (Å²) in [6.45, 7) is 0. The summed E-state index contributed by atoms with van der Waals surface area (Å²) in [7, 11) is -1.25. The summed E-state index contributed by atoms with van der Waals surface area (Å²) >= 11 is 5.35. The number of hydrogen-bond donors (Lipinski definition) is 2. The number of methoxy groups -OCH3 is 1. The van der Waals surface area contributed by atoms with E-state index in [0.29, 0.717) is 11.3 Å². The number of nitrogens with one attached hydrogen (secondary N) is 1. The molecule has 2 N–H and O–H groups in total. The van der Waals surface area contributed by atoms with Gasteiger partial charge >= 0.3 is 36.6 Å². The van der Waals surface area contributed by atoms with Crippen molar-refractivity contribution in [2.45, 2.75) is 5.78 Å². The summed E-state index contributed by atoms with van der Waals surface area (Å²) in [5.41, 5.74) is 1.29. The first kappa shape index (κ1) is 26.2. The van der Waals surface area contributed by atoms with Crippen molar-refractivity contribution in [1.29, 1.82) is 0 Å². The maximum absolute atomic E-state index is 11.4. The van der Waals surface area contributed by atoms with Gasteiger partial charge in [0.2, 0.25) is 11.8 Å². The molecule has 8 nitrogen and oxygen atoms in total. The molecule has 2 rings (SSSR count). The first-order valence-corrected chi connectivity index (χ1v) is 12.0. The SMILES string of the molecule is CNC(c1ccc(O[P+](=S)N(C)/N=C/c2ccc(OC)cc2)cc1)P(=O)([O-])O.[Na+]. The minimum Gasteiger partial charge on any atom is -0.777 e. The maximum atomic E-state index is 11.4. The van der Waals surface area contributed by atoms with E-state index in [1.54, 1.807) is 49.4 Å². The molecule has 3 unspecified atom stereocenters. The van der Waals surface area contributed by atoms with Crippen molar-refractivity contribution in [3.63, 3.8) is 0 Å². The van der Waals surface area contributed by atoms with Crippen molar-refractivity contribution in [3.05, 3.63) is 59.7 Å².